The molecule has 1 heterocycles. The van der Waals surface area contributed by atoms with Crippen molar-refractivity contribution in [3.05, 3.63) is 35.9 Å². The number of carbonyl (C=O) groups excluding carboxylic acids is 2. The zero-order chi connectivity index (χ0) is 12.1. The molecule has 0 radical (unpaired) electrons. The van der Waals surface area contributed by atoms with E-state index in [4.69, 9.17) is 4.84 Å². The second kappa shape index (κ2) is 5.59. The predicted molar refractivity (Wildman–Crippen MR) is 62.2 cm³/mol. The van der Waals surface area contributed by atoms with Crippen LogP contribution in [-0.2, 0) is 9.63 Å². The molecule has 2 rings (SSSR count). The van der Waals surface area contributed by atoms with Crippen molar-refractivity contribution in [2.45, 2.75) is 12.8 Å². The molecule has 0 bridgehead atoms. The lowest BCUT2D eigenvalue weighted by atomic mass is 10.0. The van der Waals surface area contributed by atoms with Crippen molar-refractivity contribution in [1.29, 1.82) is 0 Å². The molecule has 1 aliphatic rings. The van der Waals surface area contributed by atoms with E-state index in [9.17, 15) is 9.59 Å². The second-order valence-electron chi connectivity index (χ2n) is 4.17. The summed E-state index contributed by atoms with van der Waals surface area (Å²) < 4.78 is 0. The van der Waals surface area contributed by atoms with E-state index in [1.54, 1.807) is 29.3 Å². The molecule has 1 fully saturated rings. The van der Waals surface area contributed by atoms with E-state index < -0.39 is 0 Å². The summed E-state index contributed by atoms with van der Waals surface area (Å²) >= 11 is 0. The fourth-order valence-corrected chi connectivity index (χ4v) is 1.91. The molecule has 0 saturated carbocycles. The Balaban J connectivity index is 1.92. The summed E-state index contributed by atoms with van der Waals surface area (Å²) in [7, 11) is 0. The van der Waals surface area contributed by atoms with E-state index in [0.29, 0.717) is 18.7 Å². The molecule has 1 atom stereocenters. The van der Waals surface area contributed by atoms with Gasteiger partial charge in [-0.3, -0.25) is 0 Å². The Bertz CT molecular complexity index is 391. The predicted octanol–water partition coefficient (Wildman–Crippen LogP) is 1.67. The third-order valence-electron chi connectivity index (χ3n) is 2.83. The lowest BCUT2D eigenvalue weighted by Crippen LogP contribution is -2.37. The van der Waals surface area contributed by atoms with Crippen molar-refractivity contribution in [1.82, 2.24) is 5.06 Å². The third-order valence-corrected chi connectivity index (χ3v) is 2.83. The van der Waals surface area contributed by atoms with E-state index in [1.807, 2.05) is 6.07 Å². The van der Waals surface area contributed by atoms with Crippen LogP contribution in [0.5, 0.6) is 0 Å². The highest BCUT2D eigenvalue weighted by Crippen LogP contribution is 2.15. The summed E-state index contributed by atoms with van der Waals surface area (Å²) in [6.45, 7) is 1.20. The maximum atomic E-state index is 11.8. The van der Waals surface area contributed by atoms with Crippen LogP contribution >= 0.6 is 0 Å². The van der Waals surface area contributed by atoms with Gasteiger partial charge in [0.15, 0.2) is 0 Å². The van der Waals surface area contributed by atoms with Gasteiger partial charge in [-0.15, -0.1) is 5.06 Å². The van der Waals surface area contributed by atoms with Crippen molar-refractivity contribution in [2.24, 2.45) is 5.92 Å². The van der Waals surface area contributed by atoms with Gasteiger partial charge >= 0.3 is 5.97 Å². The number of aldehydes is 1. The van der Waals surface area contributed by atoms with Gasteiger partial charge in [0.1, 0.15) is 6.29 Å². The molecule has 0 aromatic heterocycles. The van der Waals surface area contributed by atoms with Crippen molar-refractivity contribution in [3.8, 4) is 0 Å². The second-order valence-corrected chi connectivity index (χ2v) is 4.17. The summed E-state index contributed by atoms with van der Waals surface area (Å²) in [6, 6.07) is 8.86. The average Bonchev–Trinajstić information content (AvgIpc) is 2.40. The number of carbonyl (C=O) groups is 2. The first-order valence-corrected chi connectivity index (χ1v) is 5.77. The van der Waals surface area contributed by atoms with Gasteiger partial charge in [-0.05, 0) is 25.0 Å². The fourth-order valence-electron chi connectivity index (χ4n) is 1.91. The van der Waals surface area contributed by atoms with Gasteiger partial charge in [0.25, 0.3) is 0 Å². The quantitative estimate of drug-likeness (QED) is 0.745. The van der Waals surface area contributed by atoms with Crippen LogP contribution in [-0.4, -0.2) is 30.4 Å². The minimum atomic E-state index is -0.364. The molecule has 4 nitrogen and oxygen atoms in total. The summed E-state index contributed by atoms with van der Waals surface area (Å²) in [6.07, 6.45) is 2.69. The van der Waals surface area contributed by atoms with Gasteiger partial charge in [0.05, 0.1) is 5.56 Å². The number of hydrogen-bond acceptors (Lipinski definition) is 4. The van der Waals surface area contributed by atoms with E-state index >= 15 is 0 Å². The monoisotopic (exact) mass is 233 g/mol. The number of hydrogen-bond donors (Lipinski definition) is 0. The highest BCUT2D eigenvalue weighted by Gasteiger charge is 2.22. The van der Waals surface area contributed by atoms with Crippen LogP contribution < -0.4 is 0 Å². The summed E-state index contributed by atoms with van der Waals surface area (Å²) in [5.74, 6) is -0.385. The Morgan fingerprint density at radius 1 is 1.35 bits per heavy atom. The summed E-state index contributed by atoms with van der Waals surface area (Å²) in [5, 5.41) is 1.58. The number of rotatable bonds is 3. The van der Waals surface area contributed by atoms with E-state index in [0.717, 1.165) is 19.1 Å². The van der Waals surface area contributed by atoms with Crippen LogP contribution in [0.25, 0.3) is 0 Å². The Labute approximate surface area is 100 Å². The molecule has 1 aliphatic heterocycles. The van der Waals surface area contributed by atoms with Crippen LogP contribution in [0, 0.1) is 5.92 Å². The third kappa shape index (κ3) is 3.14. The first kappa shape index (κ1) is 11.8. The molecular weight excluding hydrogens is 218 g/mol. The maximum Gasteiger partial charge on any atom is 0.357 e. The smallest absolute Gasteiger partial charge is 0.357 e. The summed E-state index contributed by atoms with van der Waals surface area (Å²) in [5.41, 5.74) is 0.528. The van der Waals surface area contributed by atoms with Crippen LogP contribution in [0.3, 0.4) is 0 Å². The van der Waals surface area contributed by atoms with E-state index in [-0.39, 0.29) is 11.9 Å². The topological polar surface area (TPSA) is 46.6 Å². The Kier molecular flexibility index (Phi) is 3.88. The van der Waals surface area contributed by atoms with Crippen LogP contribution in [0.1, 0.15) is 23.2 Å². The molecule has 0 amide bonds. The highest BCUT2D eigenvalue weighted by molar-refractivity contribution is 5.89. The Morgan fingerprint density at radius 2 is 2.12 bits per heavy atom. The Morgan fingerprint density at radius 3 is 2.82 bits per heavy atom. The molecule has 1 aromatic rings. The normalized spacial score (nSPS) is 20.8. The molecule has 0 spiro atoms. The van der Waals surface area contributed by atoms with Gasteiger partial charge in [-0.25, -0.2) is 4.79 Å². The molecule has 1 aromatic carbocycles. The molecule has 4 heteroatoms. The number of benzene rings is 1. The van der Waals surface area contributed by atoms with Gasteiger partial charge in [0, 0.05) is 19.0 Å². The van der Waals surface area contributed by atoms with E-state index in [1.165, 1.54) is 0 Å². The number of hydroxylamine groups is 2. The SMILES string of the molecule is O=CC1CCCN(OC(=O)c2ccccc2)C1. The molecule has 90 valence electrons. The first-order chi connectivity index (χ1) is 8.29. The Hall–Kier alpha value is -1.68. The molecule has 1 saturated heterocycles. The lowest BCUT2D eigenvalue weighted by molar-refractivity contribution is -0.138. The van der Waals surface area contributed by atoms with Gasteiger partial charge < -0.3 is 9.63 Å². The van der Waals surface area contributed by atoms with Gasteiger partial charge in [0.2, 0.25) is 0 Å². The molecule has 17 heavy (non-hydrogen) atoms. The van der Waals surface area contributed by atoms with Gasteiger partial charge in [-0.2, -0.15) is 0 Å². The van der Waals surface area contributed by atoms with Crippen LogP contribution in [0.2, 0.25) is 0 Å². The molecule has 0 aliphatic carbocycles. The van der Waals surface area contributed by atoms with Crippen molar-refractivity contribution >= 4 is 12.3 Å². The minimum Gasteiger partial charge on any atom is -0.364 e. The fraction of sp³-hybridized carbons (Fsp3) is 0.385. The molecular formula is C13H15NO3. The summed E-state index contributed by atoms with van der Waals surface area (Å²) in [4.78, 5) is 27.7. The van der Waals surface area contributed by atoms with Crippen molar-refractivity contribution in [3.63, 3.8) is 0 Å². The van der Waals surface area contributed by atoms with Crippen LogP contribution in [0.4, 0.5) is 0 Å². The van der Waals surface area contributed by atoms with Crippen molar-refractivity contribution < 1.29 is 14.4 Å². The van der Waals surface area contributed by atoms with Crippen molar-refractivity contribution in [2.75, 3.05) is 13.1 Å². The zero-order valence-electron chi connectivity index (χ0n) is 9.54. The molecule has 0 N–H and O–H groups in total. The molecule has 1 unspecified atom stereocenters. The number of piperidine rings is 1. The standard InChI is InChI=1S/C13H15NO3/c15-10-11-5-4-8-14(9-11)17-13(16)12-6-2-1-3-7-12/h1-3,6-7,10-11H,4-5,8-9H2. The van der Waals surface area contributed by atoms with E-state index in [2.05, 4.69) is 0 Å². The average molecular weight is 233 g/mol. The maximum absolute atomic E-state index is 11.8. The lowest BCUT2D eigenvalue weighted by Gasteiger charge is -2.28. The van der Waals surface area contributed by atoms with Crippen LogP contribution in [0.15, 0.2) is 30.3 Å². The first-order valence-electron chi connectivity index (χ1n) is 5.77. The highest BCUT2D eigenvalue weighted by atomic mass is 16.7. The van der Waals surface area contributed by atoms with Gasteiger partial charge in [-0.1, -0.05) is 18.2 Å². The minimum absolute atomic E-state index is 0.0210. The largest absolute Gasteiger partial charge is 0.364 e. The number of nitrogens with zero attached hydrogens (tertiary/aromatic N) is 1. The zero-order valence-corrected chi connectivity index (χ0v) is 9.54.